The summed E-state index contributed by atoms with van der Waals surface area (Å²) in [6.07, 6.45) is 16.3. The quantitative estimate of drug-likeness (QED) is 0.196. The molecule has 0 aromatic carbocycles. The molecule has 0 bridgehead atoms. The zero-order valence-corrected chi connectivity index (χ0v) is 18.8. The highest BCUT2D eigenvalue weighted by Crippen LogP contribution is 2.48. The predicted octanol–water partition coefficient (Wildman–Crippen LogP) is 5.16. The number of allylic oxidation sites excluding steroid dienone is 2. The Hall–Kier alpha value is -0.840. The van der Waals surface area contributed by atoms with Crippen molar-refractivity contribution in [3.05, 3.63) is 24.3 Å². The second-order valence-corrected chi connectivity index (χ2v) is 9.27. The van der Waals surface area contributed by atoms with Gasteiger partial charge in [0, 0.05) is 17.7 Å². The SMILES string of the molecule is CCOC(=O)CCC/C=C\C[C@@H]1[C@H](/C=C/C[C@H](O)C2(CC)CCC2)[C@H](O)C[C@@H]1Cl. The number of hydrogen-bond acceptors (Lipinski definition) is 4. The Balaban J connectivity index is 1.79. The highest BCUT2D eigenvalue weighted by Gasteiger charge is 2.42. The number of carbonyl (C=O) groups excluding carboxylic acids is 1. The Morgan fingerprint density at radius 2 is 2.03 bits per heavy atom. The second kappa shape index (κ2) is 12.1. The van der Waals surface area contributed by atoms with Crippen LogP contribution in [0.1, 0.15) is 78.1 Å². The average Bonchev–Trinajstić information content (AvgIpc) is 2.91. The summed E-state index contributed by atoms with van der Waals surface area (Å²) in [5.74, 6) is 0.0952. The maximum atomic E-state index is 11.3. The van der Waals surface area contributed by atoms with Gasteiger partial charge >= 0.3 is 5.97 Å². The fourth-order valence-corrected chi connectivity index (χ4v) is 5.25. The molecule has 2 N–H and O–H groups in total. The molecule has 166 valence electrons. The standard InChI is InChI=1S/C24H39ClO4/c1-3-24(15-10-16-24)22(27)13-9-12-19-18(20(25)17-21(19)26)11-7-5-6-8-14-23(28)29-4-2/h5,7,9,12,18-22,26-27H,3-4,6,8,10-11,13-17H2,1-2H3/b7-5-,12-9+/t18-,19+,20+,21-,22+/m1/s1. The van der Waals surface area contributed by atoms with E-state index in [1.807, 2.05) is 6.92 Å². The molecule has 0 spiro atoms. The van der Waals surface area contributed by atoms with Crippen LogP contribution in [0.15, 0.2) is 24.3 Å². The molecular weight excluding hydrogens is 388 g/mol. The number of aliphatic hydroxyl groups excluding tert-OH is 2. The van der Waals surface area contributed by atoms with E-state index in [4.69, 9.17) is 16.3 Å². The van der Waals surface area contributed by atoms with E-state index >= 15 is 0 Å². The van der Waals surface area contributed by atoms with Crippen LogP contribution in [0, 0.1) is 17.3 Å². The van der Waals surface area contributed by atoms with Crippen LogP contribution in [0.25, 0.3) is 0 Å². The number of unbranched alkanes of at least 4 members (excludes halogenated alkanes) is 1. The minimum Gasteiger partial charge on any atom is -0.466 e. The monoisotopic (exact) mass is 426 g/mol. The minimum absolute atomic E-state index is 0.0350. The van der Waals surface area contributed by atoms with Crippen LogP contribution in [-0.4, -0.2) is 40.4 Å². The van der Waals surface area contributed by atoms with E-state index in [9.17, 15) is 15.0 Å². The highest BCUT2D eigenvalue weighted by molar-refractivity contribution is 6.21. The summed E-state index contributed by atoms with van der Waals surface area (Å²) in [5.41, 5.74) is 0.110. The third kappa shape index (κ3) is 6.83. The Labute approximate surface area is 181 Å². The molecule has 2 aliphatic carbocycles. The first-order chi connectivity index (χ1) is 13.9. The smallest absolute Gasteiger partial charge is 0.305 e. The third-order valence-electron chi connectivity index (χ3n) is 6.98. The lowest BCUT2D eigenvalue weighted by Crippen LogP contribution is -2.40. The fourth-order valence-electron chi connectivity index (χ4n) is 4.80. The molecule has 0 amide bonds. The van der Waals surface area contributed by atoms with E-state index in [-0.39, 0.29) is 34.7 Å². The molecule has 0 unspecified atom stereocenters. The van der Waals surface area contributed by atoms with Crippen LogP contribution >= 0.6 is 11.6 Å². The van der Waals surface area contributed by atoms with Crippen molar-refractivity contribution < 1.29 is 19.7 Å². The lowest BCUT2D eigenvalue weighted by molar-refractivity contribution is -0.143. The van der Waals surface area contributed by atoms with Crippen molar-refractivity contribution in [2.75, 3.05) is 6.61 Å². The average molecular weight is 427 g/mol. The number of esters is 1. The van der Waals surface area contributed by atoms with E-state index in [0.29, 0.717) is 25.9 Å². The number of ether oxygens (including phenoxy) is 1. The van der Waals surface area contributed by atoms with E-state index in [1.165, 1.54) is 6.42 Å². The van der Waals surface area contributed by atoms with Crippen LogP contribution in [0.4, 0.5) is 0 Å². The maximum Gasteiger partial charge on any atom is 0.305 e. The van der Waals surface area contributed by atoms with Crippen LogP contribution in [0.2, 0.25) is 0 Å². The molecule has 4 nitrogen and oxygen atoms in total. The van der Waals surface area contributed by atoms with E-state index in [2.05, 4.69) is 31.2 Å². The Morgan fingerprint density at radius 1 is 1.28 bits per heavy atom. The van der Waals surface area contributed by atoms with Crippen LogP contribution in [-0.2, 0) is 9.53 Å². The molecule has 0 aromatic heterocycles. The van der Waals surface area contributed by atoms with Crippen LogP contribution in [0.3, 0.4) is 0 Å². The van der Waals surface area contributed by atoms with Crippen molar-refractivity contribution in [3.8, 4) is 0 Å². The topological polar surface area (TPSA) is 66.8 Å². The fraction of sp³-hybridized carbons (Fsp3) is 0.792. The molecule has 0 aromatic rings. The largest absolute Gasteiger partial charge is 0.466 e. The van der Waals surface area contributed by atoms with Gasteiger partial charge in [0.25, 0.3) is 0 Å². The van der Waals surface area contributed by atoms with Gasteiger partial charge in [0.15, 0.2) is 0 Å². The number of hydrogen-bond donors (Lipinski definition) is 2. The molecule has 5 atom stereocenters. The van der Waals surface area contributed by atoms with Gasteiger partial charge in [0.2, 0.25) is 0 Å². The van der Waals surface area contributed by atoms with E-state index < -0.39 is 6.10 Å². The van der Waals surface area contributed by atoms with Gasteiger partial charge in [-0.25, -0.2) is 0 Å². The number of halogens is 1. The maximum absolute atomic E-state index is 11.3. The Morgan fingerprint density at radius 3 is 2.66 bits per heavy atom. The van der Waals surface area contributed by atoms with Crippen molar-refractivity contribution in [2.24, 2.45) is 17.3 Å². The van der Waals surface area contributed by atoms with Crippen molar-refractivity contribution in [2.45, 2.75) is 95.6 Å². The number of rotatable bonds is 12. The molecule has 2 aliphatic rings. The van der Waals surface area contributed by atoms with Crippen molar-refractivity contribution in [3.63, 3.8) is 0 Å². The summed E-state index contributed by atoms with van der Waals surface area (Å²) in [7, 11) is 0. The minimum atomic E-state index is -0.419. The summed E-state index contributed by atoms with van der Waals surface area (Å²) in [6.45, 7) is 4.42. The summed E-state index contributed by atoms with van der Waals surface area (Å²) >= 11 is 6.51. The van der Waals surface area contributed by atoms with Gasteiger partial charge in [0.05, 0.1) is 18.8 Å². The molecule has 0 saturated heterocycles. The van der Waals surface area contributed by atoms with Gasteiger partial charge in [0.1, 0.15) is 0 Å². The normalized spacial score (nSPS) is 30.0. The first-order valence-electron chi connectivity index (χ1n) is 11.4. The summed E-state index contributed by atoms with van der Waals surface area (Å²) in [4.78, 5) is 11.3. The second-order valence-electron chi connectivity index (χ2n) is 8.71. The van der Waals surface area contributed by atoms with Crippen LogP contribution < -0.4 is 0 Å². The lowest BCUT2D eigenvalue weighted by atomic mass is 9.63. The third-order valence-corrected chi connectivity index (χ3v) is 7.48. The van der Waals surface area contributed by atoms with Crippen molar-refractivity contribution in [1.82, 2.24) is 0 Å². The zero-order chi connectivity index (χ0) is 21.3. The molecule has 2 fully saturated rings. The Bertz CT molecular complexity index is 550. The summed E-state index contributed by atoms with van der Waals surface area (Å²) < 4.78 is 4.93. The molecule has 2 saturated carbocycles. The first-order valence-corrected chi connectivity index (χ1v) is 11.8. The van der Waals surface area contributed by atoms with Gasteiger partial charge in [-0.05, 0) is 69.6 Å². The first kappa shape index (κ1) is 24.4. The number of aliphatic hydroxyl groups is 2. The molecule has 0 radical (unpaired) electrons. The molecular formula is C24H39ClO4. The summed E-state index contributed by atoms with van der Waals surface area (Å²) in [5, 5.41) is 21.0. The van der Waals surface area contributed by atoms with Gasteiger partial charge in [-0.2, -0.15) is 0 Å². The van der Waals surface area contributed by atoms with Gasteiger partial charge in [-0.3, -0.25) is 4.79 Å². The summed E-state index contributed by atoms with van der Waals surface area (Å²) in [6, 6.07) is 0. The predicted molar refractivity (Wildman–Crippen MR) is 118 cm³/mol. The highest BCUT2D eigenvalue weighted by atomic mass is 35.5. The molecule has 29 heavy (non-hydrogen) atoms. The van der Waals surface area contributed by atoms with Gasteiger partial charge in [-0.1, -0.05) is 37.6 Å². The lowest BCUT2D eigenvalue weighted by Gasteiger charge is -2.45. The molecule has 0 heterocycles. The Kier molecular flexibility index (Phi) is 10.2. The number of carbonyl (C=O) groups is 1. The van der Waals surface area contributed by atoms with E-state index in [1.54, 1.807) is 0 Å². The van der Waals surface area contributed by atoms with Crippen LogP contribution in [0.5, 0.6) is 0 Å². The molecule has 5 heteroatoms. The van der Waals surface area contributed by atoms with E-state index in [0.717, 1.165) is 38.5 Å². The number of alkyl halides is 1. The van der Waals surface area contributed by atoms with Crippen molar-refractivity contribution in [1.29, 1.82) is 0 Å². The van der Waals surface area contributed by atoms with Crippen molar-refractivity contribution >= 4 is 17.6 Å². The zero-order valence-electron chi connectivity index (χ0n) is 18.1. The van der Waals surface area contributed by atoms with Gasteiger partial charge in [-0.15, -0.1) is 11.6 Å². The van der Waals surface area contributed by atoms with Gasteiger partial charge < -0.3 is 14.9 Å². The molecule has 2 rings (SSSR count). The molecule has 0 aliphatic heterocycles.